The molecule has 0 bridgehead atoms. The van der Waals surface area contributed by atoms with Crippen molar-refractivity contribution in [3.05, 3.63) is 35.4 Å². The third-order valence-corrected chi connectivity index (χ3v) is 2.41. The Balaban J connectivity index is 3.03. The third kappa shape index (κ3) is 2.51. The Morgan fingerprint density at radius 2 is 2.06 bits per heavy atom. The van der Waals surface area contributed by atoms with Gasteiger partial charge in [-0.05, 0) is 19.4 Å². The Morgan fingerprint density at radius 1 is 1.50 bits per heavy atom. The minimum Gasteiger partial charge on any atom is -0.465 e. The van der Waals surface area contributed by atoms with Gasteiger partial charge in [-0.1, -0.05) is 29.8 Å². The molecule has 1 unspecified atom stereocenters. The smallest absolute Gasteiger partial charge is 0.408 e. The molecule has 1 rings (SSSR count). The molecule has 0 aliphatic heterocycles. The van der Waals surface area contributed by atoms with Crippen LogP contribution in [0.15, 0.2) is 24.3 Å². The van der Waals surface area contributed by atoms with E-state index >= 15 is 0 Å². The Morgan fingerprint density at radius 3 is 2.44 bits per heavy atom. The first-order valence-corrected chi connectivity index (χ1v) is 5.06. The summed E-state index contributed by atoms with van der Waals surface area (Å²) in [5.41, 5.74) is 1.79. The maximum Gasteiger partial charge on any atom is 0.408 e. The lowest BCUT2D eigenvalue weighted by molar-refractivity contribution is 0.138. The van der Waals surface area contributed by atoms with Crippen LogP contribution >= 0.6 is 0 Å². The molecule has 1 N–H and O–H groups in total. The first kappa shape index (κ1) is 12.1. The molecule has 1 aromatic rings. The summed E-state index contributed by atoms with van der Waals surface area (Å²) in [6, 6.07) is 8.60. The van der Waals surface area contributed by atoms with E-state index in [-0.39, 0.29) is 0 Å². The lowest BCUT2D eigenvalue weighted by Gasteiger charge is -2.22. The summed E-state index contributed by atoms with van der Waals surface area (Å²) in [6.07, 6.45) is -1.07. The molecule has 0 saturated carbocycles. The second-order valence-corrected chi connectivity index (χ2v) is 3.51. The van der Waals surface area contributed by atoms with E-state index in [0.29, 0.717) is 12.1 Å². The number of benzene rings is 1. The molecule has 0 saturated heterocycles. The highest BCUT2D eigenvalue weighted by Gasteiger charge is 2.22. The van der Waals surface area contributed by atoms with Gasteiger partial charge in [0.2, 0.25) is 0 Å². The molecule has 0 radical (unpaired) electrons. The fourth-order valence-corrected chi connectivity index (χ4v) is 1.50. The molecule has 0 fully saturated rings. The zero-order chi connectivity index (χ0) is 12.1. The third-order valence-electron chi connectivity index (χ3n) is 2.41. The zero-order valence-corrected chi connectivity index (χ0v) is 9.34. The van der Waals surface area contributed by atoms with Gasteiger partial charge >= 0.3 is 6.09 Å². The quantitative estimate of drug-likeness (QED) is 0.847. The number of amides is 1. The largest absolute Gasteiger partial charge is 0.465 e. The van der Waals surface area contributed by atoms with Crippen molar-refractivity contribution in [2.75, 3.05) is 6.54 Å². The number of carboxylic acid groups (broad SMARTS) is 1. The van der Waals surface area contributed by atoms with E-state index in [9.17, 15) is 4.79 Å². The van der Waals surface area contributed by atoms with Gasteiger partial charge in [-0.2, -0.15) is 5.26 Å². The van der Waals surface area contributed by atoms with Crippen LogP contribution in [0.1, 0.15) is 24.1 Å². The predicted molar refractivity (Wildman–Crippen MR) is 59.9 cm³/mol. The zero-order valence-electron chi connectivity index (χ0n) is 9.34. The molecule has 0 aromatic heterocycles. The van der Waals surface area contributed by atoms with Crippen LogP contribution < -0.4 is 0 Å². The normalized spacial score (nSPS) is 11.6. The number of nitriles is 1. The Labute approximate surface area is 94.7 Å². The second-order valence-electron chi connectivity index (χ2n) is 3.51. The molecule has 0 aliphatic rings. The number of carbonyl (C=O) groups is 1. The summed E-state index contributed by atoms with van der Waals surface area (Å²) in [4.78, 5) is 12.1. The molecule has 4 heteroatoms. The van der Waals surface area contributed by atoms with E-state index in [2.05, 4.69) is 0 Å². The van der Waals surface area contributed by atoms with Crippen molar-refractivity contribution in [3.63, 3.8) is 0 Å². The van der Waals surface area contributed by atoms with Crippen LogP contribution in [0.3, 0.4) is 0 Å². The SMILES string of the molecule is CCN(C(=O)O)C(C#N)c1ccc(C)cc1. The maximum atomic E-state index is 10.9. The Kier molecular flexibility index (Phi) is 3.90. The van der Waals surface area contributed by atoms with E-state index < -0.39 is 12.1 Å². The first-order valence-electron chi connectivity index (χ1n) is 5.06. The van der Waals surface area contributed by atoms with Crippen LogP contribution in [0.2, 0.25) is 0 Å². The van der Waals surface area contributed by atoms with Gasteiger partial charge in [0, 0.05) is 6.54 Å². The molecule has 1 amide bonds. The van der Waals surface area contributed by atoms with Crippen LogP contribution in [0.4, 0.5) is 4.79 Å². The standard InChI is InChI=1S/C12H14N2O2/c1-3-14(12(15)16)11(8-13)10-6-4-9(2)5-7-10/h4-7,11H,3H2,1-2H3,(H,15,16). The molecule has 1 atom stereocenters. The molecule has 16 heavy (non-hydrogen) atoms. The van der Waals surface area contributed by atoms with Gasteiger partial charge < -0.3 is 5.11 Å². The summed E-state index contributed by atoms with van der Waals surface area (Å²) in [7, 11) is 0. The number of nitrogens with zero attached hydrogens (tertiary/aromatic N) is 2. The van der Waals surface area contributed by atoms with Gasteiger partial charge in [-0.15, -0.1) is 0 Å². The highest BCUT2D eigenvalue weighted by Crippen LogP contribution is 2.20. The highest BCUT2D eigenvalue weighted by atomic mass is 16.4. The van der Waals surface area contributed by atoms with Crippen LogP contribution in [-0.4, -0.2) is 22.6 Å². The number of hydrogen-bond acceptors (Lipinski definition) is 2. The lowest BCUT2D eigenvalue weighted by Crippen LogP contribution is -2.32. The summed E-state index contributed by atoms with van der Waals surface area (Å²) < 4.78 is 0. The van der Waals surface area contributed by atoms with Gasteiger partial charge in [-0.25, -0.2) is 4.79 Å². The van der Waals surface area contributed by atoms with E-state index in [0.717, 1.165) is 10.5 Å². The van der Waals surface area contributed by atoms with Crippen molar-refractivity contribution in [2.45, 2.75) is 19.9 Å². The van der Waals surface area contributed by atoms with Crippen molar-refractivity contribution >= 4 is 6.09 Å². The van der Waals surface area contributed by atoms with Crippen molar-refractivity contribution in [1.82, 2.24) is 4.90 Å². The molecule has 0 spiro atoms. The minimum absolute atomic E-state index is 0.293. The van der Waals surface area contributed by atoms with Gasteiger partial charge in [0.25, 0.3) is 0 Å². The number of aryl methyl sites for hydroxylation is 1. The molecule has 4 nitrogen and oxygen atoms in total. The molecule has 0 aliphatic carbocycles. The second kappa shape index (κ2) is 5.17. The van der Waals surface area contributed by atoms with Gasteiger partial charge in [-0.3, -0.25) is 4.90 Å². The molecular weight excluding hydrogens is 204 g/mol. The van der Waals surface area contributed by atoms with E-state index in [1.165, 1.54) is 0 Å². The fourth-order valence-electron chi connectivity index (χ4n) is 1.50. The molecule has 84 valence electrons. The average molecular weight is 218 g/mol. The van der Waals surface area contributed by atoms with Gasteiger partial charge in [0.05, 0.1) is 6.07 Å². The van der Waals surface area contributed by atoms with Crippen molar-refractivity contribution in [2.24, 2.45) is 0 Å². The first-order chi connectivity index (χ1) is 7.60. The van der Waals surface area contributed by atoms with Crippen LogP contribution in [0.5, 0.6) is 0 Å². The Bertz CT molecular complexity index is 406. The summed E-state index contributed by atoms with van der Waals surface area (Å²) in [5.74, 6) is 0. The lowest BCUT2D eigenvalue weighted by atomic mass is 10.1. The van der Waals surface area contributed by atoms with E-state index in [1.807, 2.05) is 25.1 Å². The average Bonchev–Trinajstić information content (AvgIpc) is 2.26. The fraction of sp³-hybridized carbons (Fsp3) is 0.333. The Hall–Kier alpha value is -2.02. The van der Waals surface area contributed by atoms with Crippen molar-refractivity contribution in [3.8, 4) is 6.07 Å². The topological polar surface area (TPSA) is 64.3 Å². The highest BCUT2D eigenvalue weighted by molar-refractivity contribution is 5.66. The summed E-state index contributed by atoms with van der Waals surface area (Å²) in [6.45, 7) is 3.95. The summed E-state index contributed by atoms with van der Waals surface area (Å²) in [5, 5.41) is 18.0. The predicted octanol–water partition coefficient (Wildman–Crippen LogP) is 2.56. The van der Waals surface area contributed by atoms with Crippen molar-refractivity contribution < 1.29 is 9.90 Å². The van der Waals surface area contributed by atoms with Gasteiger partial charge in [0.15, 0.2) is 0 Å². The number of hydrogen-bond donors (Lipinski definition) is 1. The molecule has 0 heterocycles. The number of rotatable bonds is 3. The van der Waals surface area contributed by atoms with E-state index in [1.54, 1.807) is 19.1 Å². The van der Waals surface area contributed by atoms with Crippen LogP contribution in [-0.2, 0) is 0 Å². The summed E-state index contributed by atoms with van der Waals surface area (Å²) >= 11 is 0. The van der Waals surface area contributed by atoms with Crippen LogP contribution in [0.25, 0.3) is 0 Å². The molecule has 1 aromatic carbocycles. The minimum atomic E-state index is -1.07. The maximum absolute atomic E-state index is 10.9. The molecular formula is C12H14N2O2. The van der Waals surface area contributed by atoms with E-state index in [4.69, 9.17) is 10.4 Å². The van der Waals surface area contributed by atoms with Crippen molar-refractivity contribution in [1.29, 1.82) is 5.26 Å². The van der Waals surface area contributed by atoms with Crippen LogP contribution in [0, 0.1) is 18.3 Å². The van der Waals surface area contributed by atoms with Gasteiger partial charge in [0.1, 0.15) is 6.04 Å². The monoisotopic (exact) mass is 218 g/mol.